The summed E-state index contributed by atoms with van der Waals surface area (Å²) in [5.74, 6) is 0.302. The van der Waals surface area contributed by atoms with Gasteiger partial charge in [0.05, 0.1) is 12.2 Å². The summed E-state index contributed by atoms with van der Waals surface area (Å²) in [4.78, 5) is 13.1. The Morgan fingerprint density at radius 1 is 1.26 bits per heavy atom. The van der Waals surface area contributed by atoms with Crippen molar-refractivity contribution in [1.82, 2.24) is 0 Å². The molecule has 0 aliphatic rings. The first-order chi connectivity index (χ1) is 9.21. The maximum absolute atomic E-state index is 12.0. The number of hydrogen-bond acceptors (Lipinski definition) is 3. The first-order valence-corrected chi connectivity index (χ1v) is 8.24. The maximum Gasteiger partial charge on any atom is 0.338 e. The summed E-state index contributed by atoms with van der Waals surface area (Å²) in [7, 11) is 0. The number of carbonyl (C=O) groups is 1. The van der Waals surface area contributed by atoms with Crippen LogP contribution in [0.3, 0.4) is 0 Å². The lowest BCUT2D eigenvalue weighted by atomic mass is 9.99. The Balaban J connectivity index is 2.53. The Bertz CT molecular complexity index is 384. The molecule has 19 heavy (non-hydrogen) atoms. The summed E-state index contributed by atoms with van der Waals surface area (Å²) >= 11 is 1.63. The third-order valence-electron chi connectivity index (χ3n) is 3.15. The minimum atomic E-state index is -0.201. The average molecular weight is 280 g/mol. The number of rotatable bonds is 8. The van der Waals surface area contributed by atoms with E-state index in [0.717, 1.165) is 30.6 Å². The van der Waals surface area contributed by atoms with Crippen molar-refractivity contribution in [3.8, 4) is 0 Å². The van der Waals surface area contributed by atoms with E-state index in [2.05, 4.69) is 13.8 Å². The van der Waals surface area contributed by atoms with E-state index >= 15 is 0 Å². The molecular formula is C16H24O2S. The Kier molecular flexibility index (Phi) is 7.65. The second-order valence-corrected chi connectivity index (χ2v) is 5.65. The van der Waals surface area contributed by atoms with E-state index in [1.54, 1.807) is 11.8 Å². The van der Waals surface area contributed by atoms with Crippen LogP contribution >= 0.6 is 11.8 Å². The SMILES string of the molecule is CCCC(CCC)COC(=O)c1cccc(SC)c1. The molecule has 0 aromatic heterocycles. The summed E-state index contributed by atoms with van der Waals surface area (Å²) in [6, 6.07) is 7.61. The molecule has 1 aromatic carbocycles. The topological polar surface area (TPSA) is 26.3 Å². The molecule has 106 valence electrons. The number of ether oxygens (including phenoxy) is 1. The molecule has 0 saturated heterocycles. The number of thioether (sulfide) groups is 1. The Labute approximate surface area is 120 Å². The van der Waals surface area contributed by atoms with Gasteiger partial charge in [-0.3, -0.25) is 0 Å². The molecule has 0 unspecified atom stereocenters. The van der Waals surface area contributed by atoms with Crippen molar-refractivity contribution >= 4 is 17.7 Å². The van der Waals surface area contributed by atoms with Crippen LogP contribution in [0.15, 0.2) is 29.2 Å². The molecule has 0 aliphatic heterocycles. The van der Waals surface area contributed by atoms with Crippen molar-refractivity contribution in [2.75, 3.05) is 12.9 Å². The summed E-state index contributed by atoms with van der Waals surface area (Å²) in [5.41, 5.74) is 0.651. The average Bonchev–Trinajstić information content (AvgIpc) is 2.45. The van der Waals surface area contributed by atoms with Gasteiger partial charge < -0.3 is 4.74 Å². The fourth-order valence-corrected chi connectivity index (χ4v) is 2.61. The highest BCUT2D eigenvalue weighted by molar-refractivity contribution is 7.98. The molecule has 0 radical (unpaired) electrons. The lowest BCUT2D eigenvalue weighted by Gasteiger charge is -2.15. The van der Waals surface area contributed by atoms with Gasteiger partial charge in [0.1, 0.15) is 0 Å². The fraction of sp³-hybridized carbons (Fsp3) is 0.562. The third-order valence-corrected chi connectivity index (χ3v) is 3.87. The Hall–Kier alpha value is -0.960. The molecule has 0 N–H and O–H groups in total. The normalized spacial score (nSPS) is 10.7. The molecule has 1 rings (SSSR count). The van der Waals surface area contributed by atoms with Gasteiger partial charge in [-0.25, -0.2) is 4.79 Å². The van der Waals surface area contributed by atoms with Crippen molar-refractivity contribution in [3.05, 3.63) is 29.8 Å². The minimum Gasteiger partial charge on any atom is -0.462 e. The van der Waals surface area contributed by atoms with E-state index in [1.165, 1.54) is 0 Å². The van der Waals surface area contributed by atoms with Crippen LogP contribution < -0.4 is 0 Å². The van der Waals surface area contributed by atoms with Crippen LogP contribution in [-0.4, -0.2) is 18.8 Å². The van der Waals surface area contributed by atoms with E-state index in [0.29, 0.717) is 18.1 Å². The predicted octanol–water partition coefficient (Wildman–Crippen LogP) is 4.78. The zero-order valence-corrected chi connectivity index (χ0v) is 13.0. The van der Waals surface area contributed by atoms with E-state index in [4.69, 9.17) is 4.74 Å². The highest BCUT2D eigenvalue weighted by atomic mass is 32.2. The first kappa shape index (κ1) is 16.1. The summed E-state index contributed by atoms with van der Waals surface area (Å²) < 4.78 is 5.45. The molecule has 2 nitrogen and oxygen atoms in total. The maximum atomic E-state index is 12.0. The number of esters is 1. The molecule has 0 aliphatic carbocycles. The van der Waals surface area contributed by atoms with Gasteiger partial charge in [-0.1, -0.05) is 32.8 Å². The standard InChI is InChI=1S/C16H24O2S/c1-4-7-13(8-5-2)12-18-16(17)14-9-6-10-15(11-14)19-3/h6,9-11,13H,4-5,7-8,12H2,1-3H3. The van der Waals surface area contributed by atoms with Crippen LogP contribution in [-0.2, 0) is 4.74 Å². The van der Waals surface area contributed by atoms with E-state index < -0.39 is 0 Å². The molecule has 0 amide bonds. The highest BCUT2D eigenvalue weighted by Gasteiger charge is 2.12. The van der Waals surface area contributed by atoms with Crippen molar-refractivity contribution < 1.29 is 9.53 Å². The second-order valence-electron chi connectivity index (χ2n) is 4.77. The van der Waals surface area contributed by atoms with Crippen LogP contribution in [0.2, 0.25) is 0 Å². The minimum absolute atomic E-state index is 0.201. The second kappa shape index (κ2) is 9.03. The smallest absolute Gasteiger partial charge is 0.338 e. The molecule has 0 bridgehead atoms. The van der Waals surface area contributed by atoms with Gasteiger partial charge in [-0.05, 0) is 43.2 Å². The quantitative estimate of drug-likeness (QED) is 0.506. The van der Waals surface area contributed by atoms with Crippen LogP contribution in [0.5, 0.6) is 0 Å². The highest BCUT2D eigenvalue weighted by Crippen LogP contribution is 2.18. The third kappa shape index (κ3) is 5.68. The molecular weight excluding hydrogens is 256 g/mol. The van der Waals surface area contributed by atoms with Crippen molar-refractivity contribution in [3.63, 3.8) is 0 Å². The zero-order chi connectivity index (χ0) is 14.1. The molecule has 0 fully saturated rings. The van der Waals surface area contributed by atoms with Crippen molar-refractivity contribution in [1.29, 1.82) is 0 Å². The Morgan fingerprint density at radius 3 is 2.53 bits per heavy atom. The lowest BCUT2D eigenvalue weighted by molar-refractivity contribution is 0.0424. The number of benzene rings is 1. The predicted molar refractivity (Wildman–Crippen MR) is 81.8 cm³/mol. The molecule has 0 atom stereocenters. The van der Waals surface area contributed by atoms with E-state index in [1.807, 2.05) is 30.5 Å². The molecule has 0 heterocycles. The molecule has 3 heteroatoms. The van der Waals surface area contributed by atoms with E-state index in [-0.39, 0.29) is 5.97 Å². The van der Waals surface area contributed by atoms with Crippen molar-refractivity contribution in [2.45, 2.75) is 44.4 Å². The van der Waals surface area contributed by atoms with Crippen LogP contribution in [0.1, 0.15) is 49.9 Å². The van der Waals surface area contributed by atoms with Gasteiger partial charge in [0, 0.05) is 4.90 Å². The molecule has 0 spiro atoms. The van der Waals surface area contributed by atoms with Gasteiger partial charge in [-0.15, -0.1) is 11.8 Å². The van der Waals surface area contributed by atoms with E-state index in [9.17, 15) is 4.79 Å². The number of hydrogen-bond donors (Lipinski definition) is 0. The van der Waals surface area contributed by atoms with Crippen LogP contribution in [0.4, 0.5) is 0 Å². The monoisotopic (exact) mass is 280 g/mol. The number of carbonyl (C=O) groups excluding carboxylic acids is 1. The summed E-state index contributed by atoms with van der Waals surface area (Å²) in [6.45, 7) is 4.89. The van der Waals surface area contributed by atoms with Gasteiger partial charge >= 0.3 is 5.97 Å². The van der Waals surface area contributed by atoms with Crippen molar-refractivity contribution in [2.24, 2.45) is 5.92 Å². The summed E-state index contributed by atoms with van der Waals surface area (Å²) in [5, 5.41) is 0. The summed E-state index contributed by atoms with van der Waals surface area (Å²) in [6.07, 6.45) is 6.55. The largest absolute Gasteiger partial charge is 0.462 e. The van der Waals surface area contributed by atoms with Gasteiger partial charge in [0.15, 0.2) is 0 Å². The molecule has 0 saturated carbocycles. The lowest BCUT2D eigenvalue weighted by Crippen LogP contribution is -2.14. The van der Waals surface area contributed by atoms with Gasteiger partial charge in [0.25, 0.3) is 0 Å². The van der Waals surface area contributed by atoms with Crippen LogP contribution in [0.25, 0.3) is 0 Å². The van der Waals surface area contributed by atoms with Gasteiger partial charge in [0.2, 0.25) is 0 Å². The molecule has 1 aromatic rings. The van der Waals surface area contributed by atoms with Gasteiger partial charge in [-0.2, -0.15) is 0 Å². The zero-order valence-electron chi connectivity index (χ0n) is 12.1. The Morgan fingerprint density at radius 2 is 1.95 bits per heavy atom. The fourth-order valence-electron chi connectivity index (χ4n) is 2.15. The first-order valence-electron chi connectivity index (χ1n) is 7.02. The van der Waals surface area contributed by atoms with Crippen LogP contribution in [0, 0.1) is 5.92 Å².